The van der Waals surface area contributed by atoms with Crippen LogP contribution in [0.3, 0.4) is 0 Å². The van der Waals surface area contributed by atoms with Crippen molar-refractivity contribution in [3.8, 4) is 0 Å². The smallest absolute Gasteiger partial charge is 0.209 e. The normalized spacial score (nSPS) is 14.4. The van der Waals surface area contributed by atoms with Crippen molar-refractivity contribution in [1.82, 2.24) is 19.8 Å². The second-order valence-corrected chi connectivity index (χ2v) is 8.01. The van der Waals surface area contributed by atoms with Crippen LogP contribution in [-0.2, 0) is 16.6 Å². The molecule has 0 aliphatic heterocycles. The molecular weight excluding hydrogens is 288 g/mol. The van der Waals surface area contributed by atoms with Crippen LogP contribution in [0.5, 0.6) is 0 Å². The van der Waals surface area contributed by atoms with Gasteiger partial charge in [0.05, 0.1) is 11.9 Å². The van der Waals surface area contributed by atoms with Gasteiger partial charge in [-0.25, -0.2) is 13.1 Å². The Balaban J connectivity index is 2.79. The third-order valence-corrected chi connectivity index (χ3v) is 4.41. The van der Waals surface area contributed by atoms with Gasteiger partial charge in [-0.2, -0.15) is 5.10 Å². The highest BCUT2D eigenvalue weighted by atomic mass is 32.2. The summed E-state index contributed by atoms with van der Waals surface area (Å²) in [6.45, 7) is 13.3. The molecule has 1 rings (SSSR count). The fraction of sp³-hybridized carbons (Fsp3) is 0.786. The maximum absolute atomic E-state index is 11.4. The van der Waals surface area contributed by atoms with Crippen LogP contribution in [0.2, 0.25) is 0 Å². The molecule has 0 saturated heterocycles. The molecule has 122 valence electrons. The molecule has 0 amide bonds. The lowest BCUT2D eigenvalue weighted by Gasteiger charge is -2.27. The SMILES string of the molecule is CCn1nc(C)c(C(C)NCC(C)(C)NS(C)(=O)=O)c1C. The Kier molecular flexibility index (Phi) is 5.57. The summed E-state index contributed by atoms with van der Waals surface area (Å²) in [5.74, 6) is 0. The Hall–Kier alpha value is -0.920. The molecule has 0 radical (unpaired) electrons. The van der Waals surface area contributed by atoms with Crippen LogP contribution in [0.15, 0.2) is 0 Å². The molecule has 1 aromatic heterocycles. The minimum absolute atomic E-state index is 0.117. The molecule has 1 atom stereocenters. The van der Waals surface area contributed by atoms with E-state index in [0.717, 1.165) is 17.9 Å². The van der Waals surface area contributed by atoms with Crippen LogP contribution in [0, 0.1) is 13.8 Å². The highest BCUT2D eigenvalue weighted by molar-refractivity contribution is 7.88. The van der Waals surface area contributed by atoms with Gasteiger partial charge in [0.2, 0.25) is 10.0 Å². The van der Waals surface area contributed by atoms with Crippen LogP contribution in [-0.4, -0.2) is 36.5 Å². The van der Waals surface area contributed by atoms with E-state index in [1.54, 1.807) is 0 Å². The van der Waals surface area contributed by atoms with Gasteiger partial charge in [0, 0.05) is 35.9 Å². The number of aromatic nitrogens is 2. The van der Waals surface area contributed by atoms with E-state index in [1.165, 1.54) is 11.8 Å². The molecule has 0 aliphatic rings. The highest BCUT2D eigenvalue weighted by Gasteiger charge is 2.24. The number of nitrogens with one attached hydrogen (secondary N) is 2. The van der Waals surface area contributed by atoms with E-state index in [2.05, 4.69) is 35.9 Å². The van der Waals surface area contributed by atoms with Gasteiger partial charge in [-0.15, -0.1) is 0 Å². The molecule has 1 heterocycles. The van der Waals surface area contributed by atoms with Crippen LogP contribution >= 0.6 is 0 Å². The first-order valence-corrected chi connectivity index (χ1v) is 9.12. The van der Waals surface area contributed by atoms with Gasteiger partial charge in [0.25, 0.3) is 0 Å². The predicted octanol–water partition coefficient (Wildman–Crippen LogP) is 1.50. The molecule has 0 aliphatic carbocycles. The molecule has 1 unspecified atom stereocenters. The van der Waals surface area contributed by atoms with E-state index < -0.39 is 15.6 Å². The van der Waals surface area contributed by atoms with Crippen molar-refractivity contribution in [3.63, 3.8) is 0 Å². The van der Waals surface area contributed by atoms with E-state index in [4.69, 9.17) is 0 Å². The van der Waals surface area contributed by atoms with Crippen molar-refractivity contribution in [1.29, 1.82) is 0 Å². The minimum Gasteiger partial charge on any atom is -0.308 e. The quantitative estimate of drug-likeness (QED) is 0.799. The summed E-state index contributed by atoms with van der Waals surface area (Å²) < 4.78 is 27.3. The van der Waals surface area contributed by atoms with Crippen LogP contribution in [0.4, 0.5) is 0 Å². The summed E-state index contributed by atoms with van der Waals surface area (Å²) in [4.78, 5) is 0. The van der Waals surface area contributed by atoms with Crippen molar-refractivity contribution < 1.29 is 8.42 Å². The first-order valence-electron chi connectivity index (χ1n) is 7.23. The van der Waals surface area contributed by atoms with Gasteiger partial charge in [0.1, 0.15) is 0 Å². The standard InChI is InChI=1S/C14H28N4O2S/c1-8-18-12(4)13(11(3)16-18)10(2)15-9-14(5,6)17-21(7,19)20/h10,15,17H,8-9H2,1-7H3. The lowest BCUT2D eigenvalue weighted by Crippen LogP contribution is -2.50. The van der Waals surface area contributed by atoms with Gasteiger partial charge in [-0.3, -0.25) is 4.68 Å². The molecule has 0 spiro atoms. The van der Waals surface area contributed by atoms with Crippen molar-refractivity contribution >= 4 is 10.0 Å². The lowest BCUT2D eigenvalue weighted by atomic mass is 10.0. The second kappa shape index (κ2) is 6.46. The number of nitrogens with zero attached hydrogens (tertiary/aromatic N) is 2. The van der Waals surface area contributed by atoms with E-state index in [1.807, 2.05) is 25.5 Å². The van der Waals surface area contributed by atoms with Crippen LogP contribution in [0.25, 0.3) is 0 Å². The van der Waals surface area contributed by atoms with Gasteiger partial charge in [0.15, 0.2) is 0 Å². The van der Waals surface area contributed by atoms with Crippen molar-refractivity contribution in [3.05, 3.63) is 17.0 Å². The lowest BCUT2D eigenvalue weighted by molar-refractivity contribution is 0.398. The average molecular weight is 316 g/mol. The number of sulfonamides is 1. The molecule has 2 N–H and O–H groups in total. The summed E-state index contributed by atoms with van der Waals surface area (Å²) in [5.41, 5.74) is 2.82. The van der Waals surface area contributed by atoms with E-state index in [0.29, 0.717) is 6.54 Å². The van der Waals surface area contributed by atoms with Crippen molar-refractivity contribution in [2.24, 2.45) is 0 Å². The molecular formula is C14H28N4O2S. The third kappa shape index (κ3) is 5.09. The summed E-state index contributed by atoms with van der Waals surface area (Å²) in [6, 6.07) is 0.117. The van der Waals surface area contributed by atoms with Gasteiger partial charge < -0.3 is 5.32 Å². The zero-order valence-corrected chi connectivity index (χ0v) is 14.9. The summed E-state index contributed by atoms with van der Waals surface area (Å²) in [5, 5.41) is 7.92. The third-order valence-electron chi connectivity index (χ3n) is 3.48. The Labute approximate surface area is 128 Å². The van der Waals surface area contributed by atoms with Gasteiger partial charge >= 0.3 is 0 Å². The Morgan fingerprint density at radius 3 is 2.33 bits per heavy atom. The van der Waals surface area contributed by atoms with Crippen LogP contribution in [0.1, 0.15) is 50.7 Å². The van der Waals surface area contributed by atoms with Crippen molar-refractivity contribution in [2.75, 3.05) is 12.8 Å². The van der Waals surface area contributed by atoms with Crippen LogP contribution < -0.4 is 10.0 Å². The molecule has 1 aromatic rings. The average Bonchev–Trinajstić information content (AvgIpc) is 2.58. The first kappa shape index (κ1) is 18.1. The predicted molar refractivity (Wildman–Crippen MR) is 85.9 cm³/mol. The second-order valence-electron chi connectivity index (χ2n) is 6.26. The van der Waals surface area contributed by atoms with E-state index >= 15 is 0 Å². The molecule has 0 fully saturated rings. The summed E-state index contributed by atoms with van der Waals surface area (Å²) in [6.07, 6.45) is 1.18. The van der Waals surface area contributed by atoms with E-state index in [-0.39, 0.29) is 6.04 Å². The fourth-order valence-electron chi connectivity index (χ4n) is 2.69. The maximum atomic E-state index is 11.4. The molecule has 7 heteroatoms. The van der Waals surface area contributed by atoms with E-state index in [9.17, 15) is 8.42 Å². The number of aryl methyl sites for hydroxylation is 2. The summed E-state index contributed by atoms with van der Waals surface area (Å²) >= 11 is 0. The van der Waals surface area contributed by atoms with Gasteiger partial charge in [-0.05, 0) is 41.5 Å². The zero-order chi connectivity index (χ0) is 16.4. The summed E-state index contributed by atoms with van der Waals surface area (Å²) in [7, 11) is -3.22. The Morgan fingerprint density at radius 1 is 1.33 bits per heavy atom. The fourth-order valence-corrected chi connectivity index (χ4v) is 3.77. The molecule has 0 aromatic carbocycles. The molecule has 6 nitrogen and oxygen atoms in total. The van der Waals surface area contributed by atoms with Crippen molar-refractivity contribution in [2.45, 2.75) is 59.7 Å². The molecule has 0 bridgehead atoms. The highest BCUT2D eigenvalue weighted by Crippen LogP contribution is 2.21. The van der Waals surface area contributed by atoms with Gasteiger partial charge in [-0.1, -0.05) is 0 Å². The Bertz CT molecular complexity index is 590. The minimum atomic E-state index is -3.22. The number of rotatable bonds is 7. The maximum Gasteiger partial charge on any atom is 0.209 e. The first-order chi connectivity index (χ1) is 9.47. The zero-order valence-electron chi connectivity index (χ0n) is 14.1. The largest absolute Gasteiger partial charge is 0.308 e. The Morgan fingerprint density at radius 2 is 1.90 bits per heavy atom. The molecule has 0 saturated carbocycles. The number of hydrogen-bond acceptors (Lipinski definition) is 4. The monoisotopic (exact) mass is 316 g/mol. The topological polar surface area (TPSA) is 76.0 Å². The number of hydrogen-bond donors (Lipinski definition) is 2. The molecule has 21 heavy (non-hydrogen) atoms.